The number of esters is 1. The molecule has 1 saturated heterocycles. The van der Waals surface area contributed by atoms with E-state index in [0.717, 1.165) is 12.8 Å². The van der Waals surface area contributed by atoms with Gasteiger partial charge < -0.3 is 9.84 Å². The third-order valence-electron chi connectivity index (χ3n) is 3.46. The van der Waals surface area contributed by atoms with E-state index in [1.165, 1.54) is 0 Å². The highest BCUT2D eigenvalue weighted by atomic mass is 16.5. The molecule has 0 aromatic carbocycles. The molecule has 2 aliphatic rings. The molecule has 2 rings (SSSR count). The number of aliphatic hydroxyl groups is 1. The van der Waals surface area contributed by atoms with Gasteiger partial charge in [-0.1, -0.05) is 13.8 Å². The van der Waals surface area contributed by atoms with Crippen LogP contribution in [-0.2, 0) is 9.53 Å². The Labute approximate surface area is 78.1 Å². The summed E-state index contributed by atoms with van der Waals surface area (Å²) in [5.41, 5.74) is -0.00641. The molecule has 3 atom stereocenters. The van der Waals surface area contributed by atoms with Crippen molar-refractivity contribution in [2.75, 3.05) is 6.61 Å². The maximum Gasteiger partial charge on any atom is 0.309 e. The summed E-state index contributed by atoms with van der Waals surface area (Å²) in [7, 11) is 0. The minimum absolute atomic E-state index is 0.00641. The molecule has 3 heteroatoms. The van der Waals surface area contributed by atoms with Crippen molar-refractivity contribution >= 4 is 5.97 Å². The maximum atomic E-state index is 11.2. The van der Waals surface area contributed by atoms with E-state index in [0.29, 0.717) is 6.61 Å². The van der Waals surface area contributed by atoms with Crippen molar-refractivity contribution in [3.8, 4) is 0 Å². The van der Waals surface area contributed by atoms with Crippen LogP contribution in [0.25, 0.3) is 0 Å². The third kappa shape index (κ3) is 1.26. The Balaban J connectivity index is 2.01. The zero-order valence-corrected chi connectivity index (χ0v) is 8.12. The second kappa shape index (κ2) is 2.71. The molecule has 0 bridgehead atoms. The molecule has 1 N–H and O–H groups in total. The van der Waals surface area contributed by atoms with Gasteiger partial charge in [0, 0.05) is 0 Å². The minimum Gasteiger partial charge on any atom is -0.465 e. The Bertz CT molecular complexity index is 234. The summed E-state index contributed by atoms with van der Waals surface area (Å²) in [4.78, 5) is 11.2. The first-order valence-corrected chi connectivity index (χ1v) is 4.87. The van der Waals surface area contributed by atoms with E-state index in [4.69, 9.17) is 4.74 Å². The van der Waals surface area contributed by atoms with E-state index in [-0.39, 0.29) is 29.3 Å². The lowest BCUT2D eigenvalue weighted by Crippen LogP contribution is -2.52. The monoisotopic (exact) mass is 184 g/mol. The number of carbonyl (C=O) groups is 1. The number of carbonyl (C=O) groups excluding carboxylic acids is 1. The lowest BCUT2D eigenvalue weighted by molar-refractivity contribution is -0.156. The summed E-state index contributed by atoms with van der Waals surface area (Å²) in [5, 5.41) is 9.81. The average molecular weight is 184 g/mol. The van der Waals surface area contributed by atoms with Gasteiger partial charge in [-0.25, -0.2) is 0 Å². The highest BCUT2D eigenvalue weighted by Crippen LogP contribution is 2.50. The molecule has 74 valence electrons. The number of hydrogen-bond donors (Lipinski definition) is 1. The van der Waals surface area contributed by atoms with E-state index < -0.39 is 0 Å². The van der Waals surface area contributed by atoms with Crippen molar-refractivity contribution in [1.29, 1.82) is 0 Å². The van der Waals surface area contributed by atoms with Crippen LogP contribution in [0.2, 0.25) is 0 Å². The van der Waals surface area contributed by atoms with Crippen LogP contribution in [0.15, 0.2) is 0 Å². The van der Waals surface area contributed by atoms with Crippen molar-refractivity contribution in [3.05, 3.63) is 0 Å². The fraction of sp³-hybridized carbons (Fsp3) is 0.900. The van der Waals surface area contributed by atoms with Crippen LogP contribution >= 0.6 is 0 Å². The van der Waals surface area contributed by atoms with Gasteiger partial charge in [-0.05, 0) is 24.2 Å². The van der Waals surface area contributed by atoms with Crippen molar-refractivity contribution in [2.24, 2.45) is 17.3 Å². The van der Waals surface area contributed by atoms with E-state index in [1.54, 1.807) is 0 Å². The van der Waals surface area contributed by atoms with Crippen molar-refractivity contribution in [1.82, 2.24) is 0 Å². The number of rotatable bonds is 1. The summed E-state index contributed by atoms with van der Waals surface area (Å²) in [6.07, 6.45) is 1.40. The van der Waals surface area contributed by atoms with E-state index >= 15 is 0 Å². The summed E-state index contributed by atoms with van der Waals surface area (Å²) < 4.78 is 4.89. The molecular weight excluding hydrogens is 168 g/mol. The molecule has 0 amide bonds. The lowest BCUT2D eigenvalue weighted by atomic mass is 9.57. The Morgan fingerprint density at radius 3 is 2.62 bits per heavy atom. The standard InChI is InChI=1S/C10H16O3/c1-10(2)5-7(8(10)11)6-3-4-13-9(6)12/h6-8,11H,3-5H2,1-2H3/t6?,7-,8-/m0/s1. The molecule has 1 saturated carbocycles. The smallest absolute Gasteiger partial charge is 0.309 e. The van der Waals surface area contributed by atoms with Crippen LogP contribution in [0, 0.1) is 17.3 Å². The van der Waals surface area contributed by atoms with Gasteiger partial charge in [0.25, 0.3) is 0 Å². The molecule has 1 aliphatic heterocycles. The van der Waals surface area contributed by atoms with Gasteiger partial charge >= 0.3 is 5.97 Å². The molecule has 13 heavy (non-hydrogen) atoms. The zero-order chi connectivity index (χ0) is 9.64. The molecule has 1 heterocycles. The van der Waals surface area contributed by atoms with Crippen LogP contribution in [0.3, 0.4) is 0 Å². The quantitative estimate of drug-likeness (QED) is 0.617. The fourth-order valence-corrected chi connectivity index (χ4v) is 2.52. The Morgan fingerprint density at radius 2 is 2.23 bits per heavy atom. The molecule has 3 nitrogen and oxygen atoms in total. The van der Waals surface area contributed by atoms with Gasteiger partial charge in [-0.2, -0.15) is 0 Å². The van der Waals surface area contributed by atoms with Gasteiger partial charge in [0.2, 0.25) is 0 Å². The molecule has 0 aromatic rings. The van der Waals surface area contributed by atoms with Gasteiger partial charge in [-0.15, -0.1) is 0 Å². The fourth-order valence-electron chi connectivity index (χ4n) is 2.52. The first-order chi connectivity index (χ1) is 6.02. The van der Waals surface area contributed by atoms with Crippen LogP contribution in [0.1, 0.15) is 26.7 Å². The molecular formula is C10H16O3. The van der Waals surface area contributed by atoms with Gasteiger partial charge in [0.05, 0.1) is 18.6 Å². The number of hydrogen-bond acceptors (Lipinski definition) is 3. The molecule has 0 aromatic heterocycles. The Morgan fingerprint density at radius 1 is 1.54 bits per heavy atom. The molecule has 1 aliphatic carbocycles. The number of aliphatic hydroxyl groups excluding tert-OH is 1. The maximum absolute atomic E-state index is 11.2. The SMILES string of the molecule is CC1(C)C[C@@H](C2CCOC2=O)[C@@H]1O. The van der Waals surface area contributed by atoms with Crippen LogP contribution < -0.4 is 0 Å². The van der Waals surface area contributed by atoms with E-state index in [2.05, 4.69) is 0 Å². The molecule has 1 unspecified atom stereocenters. The van der Waals surface area contributed by atoms with Crippen LogP contribution in [-0.4, -0.2) is 23.8 Å². The first-order valence-electron chi connectivity index (χ1n) is 4.87. The molecule has 0 spiro atoms. The zero-order valence-electron chi connectivity index (χ0n) is 8.12. The van der Waals surface area contributed by atoms with Crippen molar-refractivity contribution in [3.63, 3.8) is 0 Å². The predicted molar refractivity (Wildman–Crippen MR) is 47.0 cm³/mol. The van der Waals surface area contributed by atoms with Gasteiger partial charge in [0.1, 0.15) is 0 Å². The highest BCUT2D eigenvalue weighted by Gasteiger charge is 2.52. The van der Waals surface area contributed by atoms with E-state index in [1.807, 2.05) is 13.8 Å². The average Bonchev–Trinajstić information content (AvgIpc) is 2.47. The second-order valence-electron chi connectivity index (χ2n) is 4.86. The van der Waals surface area contributed by atoms with Crippen molar-refractivity contribution in [2.45, 2.75) is 32.8 Å². The predicted octanol–water partition coefficient (Wildman–Crippen LogP) is 0.956. The number of cyclic esters (lactones) is 1. The Kier molecular flexibility index (Phi) is 1.88. The van der Waals surface area contributed by atoms with Crippen LogP contribution in [0.4, 0.5) is 0 Å². The van der Waals surface area contributed by atoms with E-state index in [9.17, 15) is 9.90 Å². The molecule has 2 fully saturated rings. The second-order valence-corrected chi connectivity index (χ2v) is 4.86. The highest BCUT2D eigenvalue weighted by molar-refractivity contribution is 5.74. The first kappa shape index (κ1) is 9.00. The van der Waals surface area contributed by atoms with Gasteiger partial charge in [-0.3, -0.25) is 4.79 Å². The third-order valence-corrected chi connectivity index (χ3v) is 3.46. The Hall–Kier alpha value is -0.570. The van der Waals surface area contributed by atoms with Crippen molar-refractivity contribution < 1.29 is 14.6 Å². The van der Waals surface area contributed by atoms with Crippen LogP contribution in [0.5, 0.6) is 0 Å². The minimum atomic E-state index is -0.330. The lowest BCUT2D eigenvalue weighted by Gasteiger charge is -2.49. The summed E-state index contributed by atoms with van der Waals surface area (Å²) in [6.45, 7) is 4.61. The topological polar surface area (TPSA) is 46.5 Å². The summed E-state index contributed by atoms with van der Waals surface area (Å²) >= 11 is 0. The largest absolute Gasteiger partial charge is 0.465 e. The summed E-state index contributed by atoms with van der Waals surface area (Å²) in [6, 6.07) is 0. The summed E-state index contributed by atoms with van der Waals surface area (Å²) in [5.74, 6) is -0.00688. The normalized spacial score (nSPS) is 42.7. The molecule has 0 radical (unpaired) electrons. The van der Waals surface area contributed by atoms with Gasteiger partial charge in [0.15, 0.2) is 0 Å². The number of ether oxygens (including phenoxy) is 1.